The van der Waals surface area contributed by atoms with Gasteiger partial charge in [0.1, 0.15) is 0 Å². The molecule has 14 heavy (non-hydrogen) atoms. The van der Waals surface area contributed by atoms with Crippen LogP contribution in [0.25, 0.3) is 16.3 Å². The Kier molecular flexibility index (Phi) is 2.91. The van der Waals surface area contributed by atoms with Gasteiger partial charge in [0, 0.05) is 6.54 Å². The zero-order valence-corrected chi connectivity index (χ0v) is 8.84. The van der Waals surface area contributed by atoms with E-state index in [1.54, 1.807) is 11.3 Å². The molecule has 1 heterocycles. The van der Waals surface area contributed by atoms with E-state index >= 15 is 0 Å². The summed E-state index contributed by atoms with van der Waals surface area (Å²) in [7, 11) is 1.94. The van der Waals surface area contributed by atoms with Gasteiger partial charge in [-0.2, -0.15) is 0 Å². The van der Waals surface area contributed by atoms with E-state index in [0.29, 0.717) is 0 Å². The highest BCUT2D eigenvalue weighted by molar-refractivity contribution is 7.16. The minimum atomic E-state index is 0.903. The second kappa shape index (κ2) is 4.35. The molecule has 0 saturated carbocycles. The van der Waals surface area contributed by atoms with Crippen LogP contribution in [-0.2, 0) is 0 Å². The lowest BCUT2D eigenvalue weighted by Crippen LogP contribution is -2.03. The van der Waals surface area contributed by atoms with Crippen LogP contribution in [-0.4, -0.2) is 18.6 Å². The summed E-state index contributed by atoms with van der Waals surface area (Å²) >= 11 is 1.68. The molecule has 0 amide bonds. The summed E-state index contributed by atoms with van der Waals surface area (Å²) in [6, 6.07) is 6.32. The van der Waals surface area contributed by atoms with E-state index in [9.17, 15) is 0 Å². The molecular formula is C11H12N2S. The maximum atomic E-state index is 4.24. The molecule has 1 aromatic heterocycles. The van der Waals surface area contributed by atoms with Crippen LogP contribution >= 0.6 is 11.3 Å². The second-order valence-electron chi connectivity index (χ2n) is 3.04. The molecular weight excluding hydrogens is 192 g/mol. The first-order chi connectivity index (χ1) is 6.90. The van der Waals surface area contributed by atoms with Gasteiger partial charge < -0.3 is 5.32 Å². The van der Waals surface area contributed by atoms with E-state index in [0.717, 1.165) is 12.1 Å². The van der Waals surface area contributed by atoms with Gasteiger partial charge in [0.2, 0.25) is 0 Å². The maximum absolute atomic E-state index is 4.24. The topological polar surface area (TPSA) is 24.9 Å². The number of nitrogens with one attached hydrogen (secondary N) is 1. The molecule has 0 aliphatic rings. The third-order valence-electron chi connectivity index (χ3n) is 1.99. The van der Waals surface area contributed by atoms with Crippen LogP contribution in [0.1, 0.15) is 5.56 Å². The molecule has 2 aromatic rings. The summed E-state index contributed by atoms with van der Waals surface area (Å²) in [4.78, 5) is 4.24. The van der Waals surface area contributed by atoms with E-state index in [1.807, 2.05) is 12.6 Å². The highest BCUT2D eigenvalue weighted by Crippen LogP contribution is 2.19. The molecule has 72 valence electrons. The molecule has 0 aliphatic heterocycles. The number of thiazole rings is 1. The predicted molar refractivity (Wildman–Crippen MR) is 62.6 cm³/mol. The number of nitrogens with zero attached hydrogens (tertiary/aromatic N) is 1. The molecule has 0 unspecified atom stereocenters. The Morgan fingerprint density at radius 2 is 2.43 bits per heavy atom. The molecule has 1 aromatic carbocycles. The van der Waals surface area contributed by atoms with Crippen molar-refractivity contribution in [3.8, 4) is 0 Å². The number of benzene rings is 1. The first-order valence-electron chi connectivity index (χ1n) is 4.54. The zero-order valence-electron chi connectivity index (χ0n) is 8.03. The SMILES string of the molecule is CNCC=Cc1ccc2ncsc2c1. The van der Waals surface area contributed by atoms with Crippen LogP contribution in [0.2, 0.25) is 0 Å². The molecule has 0 aliphatic carbocycles. The Hall–Kier alpha value is -1.19. The average Bonchev–Trinajstić information content (AvgIpc) is 2.65. The van der Waals surface area contributed by atoms with Crippen molar-refractivity contribution in [2.45, 2.75) is 0 Å². The Bertz CT molecular complexity index is 445. The van der Waals surface area contributed by atoms with Gasteiger partial charge in [0.05, 0.1) is 15.7 Å². The van der Waals surface area contributed by atoms with Gasteiger partial charge in [0.15, 0.2) is 0 Å². The Balaban J connectivity index is 2.25. The molecule has 2 nitrogen and oxygen atoms in total. The number of hydrogen-bond donors (Lipinski definition) is 1. The highest BCUT2D eigenvalue weighted by Gasteiger charge is 1.95. The van der Waals surface area contributed by atoms with Crippen molar-refractivity contribution >= 4 is 27.6 Å². The molecule has 3 heteroatoms. The summed E-state index contributed by atoms with van der Waals surface area (Å²) in [5, 5.41) is 3.07. The lowest BCUT2D eigenvalue weighted by atomic mass is 10.2. The predicted octanol–water partition coefficient (Wildman–Crippen LogP) is 2.53. The molecule has 0 atom stereocenters. The van der Waals surface area contributed by atoms with Gasteiger partial charge in [-0.1, -0.05) is 18.2 Å². The van der Waals surface area contributed by atoms with Crippen LogP contribution in [0.4, 0.5) is 0 Å². The van der Waals surface area contributed by atoms with Crippen molar-refractivity contribution in [1.29, 1.82) is 0 Å². The van der Waals surface area contributed by atoms with Crippen LogP contribution in [0.3, 0.4) is 0 Å². The summed E-state index contributed by atoms with van der Waals surface area (Å²) in [5.41, 5.74) is 4.20. The van der Waals surface area contributed by atoms with Gasteiger partial charge >= 0.3 is 0 Å². The smallest absolute Gasteiger partial charge is 0.0812 e. The highest BCUT2D eigenvalue weighted by atomic mass is 32.1. The van der Waals surface area contributed by atoms with E-state index in [1.165, 1.54) is 10.3 Å². The van der Waals surface area contributed by atoms with E-state index in [-0.39, 0.29) is 0 Å². The minimum Gasteiger partial charge on any atom is -0.316 e. The van der Waals surface area contributed by atoms with Gasteiger partial charge in [-0.25, -0.2) is 4.98 Å². The van der Waals surface area contributed by atoms with Crippen LogP contribution < -0.4 is 5.32 Å². The molecule has 0 fully saturated rings. The van der Waals surface area contributed by atoms with Crippen molar-refractivity contribution in [3.05, 3.63) is 35.3 Å². The summed E-state index contributed by atoms with van der Waals surface area (Å²) in [5.74, 6) is 0. The summed E-state index contributed by atoms with van der Waals surface area (Å²) in [6.45, 7) is 0.903. The fraction of sp³-hybridized carbons (Fsp3) is 0.182. The van der Waals surface area contributed by atoms with Gasteiger partial charge in [-0.15, -0.1) is 11.3 Å². The molecule has 0 bridgehead atoms. The zero-order chi connectivity index (χ0) is 9.80. The fourth-order valence-electron chi connectivity index (χ4n) is 1.29. The van der Waals surface area contributed by atoms with Gasteiger partial charge in [-0.05, 0) is 24.7 Å². The third kappa shape index (κ3) is 2.00. The van der Waals surface area contributed by atoms with Crippen LogP contribution in [0, 0.1) is 0 Å². The maximum Gasteiger partial charge on any atom is 0.0812 e. The van der Waals surface area contributed by atoms with Crippen molar-refractivity contribution in [2.75, 3.05) is 13.6 Å². The number of hydrogen-bond acceptors (Lipinski definition) is 3. The van der Waals surface area contributed by atoms with E-state index in [4.69, 9.17) is 0 Å². The van der Waals surface area contributed by atoms with Crippen LogP contribution in [0.5, 0.6) is 0 Å². The molecule has 0 spiro atoms. The lowest BCUT2D eigenvalue weighted by molar-refractivity contribution is 0.922. The van der Waals surface area contributed by atoms with Gasteiger partial charge in [0.25, 0.3) is 0 Å². The Morgan fingerprint density at radius 3 is 3.29 bits per heavy atom. The monoisotopic (exact) mass is 204 g/mol. The number of aromatic nitrogens is 1. The van der Waals surface area contributed by atoms with Gasteiger partial charge in [-0.3, -0.25) is 0 Å². The van der Waals surface area contributed by atoms with E-state index in [2.05, 4.69) is 40.7 Å². The first kappa shape index (κ1) is 9.37. The van der Waals surface area contributed by atoms with Crippen molar-refractivity contribution in [2.24, 2.45) is 0 Å². The lowest BCUT2D eigenvalue weighted by Gasteiger charge is -1.93. The fourth-order valence-corrected chi connectivity index (χ4v) is 2.01. The normalized spacial score (nSPS) is 11.5. The molecule has 2 rings (SSSR count). The van der Waals surface area contributed by atoms with Crippen molar-refractivity contribution in [3.63, 3.8) is 0 Å². The summed E-state index contributed by atoms with van der Waals surface area (Å²) in [6.07, 6.45) is 4.23. The standard InChI is InChI=1S/C11H12N2S/c1-12-6-2-3-9-4-5-10-11(7-9)14-8-13-10/h2-5,7-8,12H,6H2,1H3. The summed E-state index contributed by atoms with van der Waals surface area (Å²) < 4.78 is 1.25. The second-order valence-corrected chi connectivity index (χ2v) is 3.93. The number of likely N-dealkylation sites (N-methyl/N-ethyl adjacent to an activating group) is 1. The van der Waals surface area contributed by atoms with E-state index < -0.39 is 0 Å². The molecule has 0 saturated heterocycles. The number of rotatable bonds is 3. The quantitative estimate of drug-likeness (QED) is 0.831. The van der Waals surface area contributed by atoms with Crippen molar-refractivity contribution in [1.82, 2.24) is 10.3 Å². The minimum absolute atomic E-state index is 0.903. The first-order valence-corrected chi connectivity index (χ1v) is 5.42. The van der Waals surface area contributed by atoms with Crippen molar-refractivity contribution < 1.29 is 0 Å². The average molecular weight is 204 g/mol. The third-order valence-corrected chi connectivity index (χ3v) is 2.78. The molecule has 0 radical (unpaired) electrons. The number of fused-ring (bicyclic) bond motifs is 1. The molecule has 1 N–H and O–H groups in total. The van der Waals surface area contributed by atoms with Crippen LogP contribution in [0.15, 0.2) is 29.8 Å². The Morgan fingerprint density at radius 1 is 1.50 bits per heavy atom. The Labute approximate surface area is 87.3 Å². The largest absolute Gasteiger partial charge is 0.316 e.